The third kappa shape index (κ3) is 2.57. The molecule has 0 fully saturated rings. The lowest BCUT2D eigenvalue weighted by atomic mass is 10.0. The predicted octanol–water partition coefficient (Wildman–Crippen LogP) is 2.42. The maximum absolute atomic E-state index is 13.8. The molecule has 0 radical (unpaired) electrons. The van der Waals surface area contributed by atoms with Crippen LogP contribution < -0.4 is 9.47 Å². The molecule has 22 heavy (non-hydrogen) atoms. The highest BCUT2D eigenvalue weighted by atomic mass is 19.2. The number of carbonyl (C=O) groups is 1. The summed E-state index contributed by atoms with van der Waals surface area (Å²) in [6.45, 7) is 0.524. The van der Waals surface area contributed by atoms with Gasteiger partial charge in [0.05, 0.1) is 0 Å². The van der Waals surface area contributed by atoms with Crippen molar-refractivity contribution in [2.75, 3.05) is 13.2 Å². The fourth-order valence-corrected chi connectivity index (χ4v) is 2.23. The molecule has 0 unspecified atom stereocenters. The lowest BCUT2D eigenvalue weighted by Gasteiger charge is -2.20. The Kier molecular flexibility index (Phi) is 3.62. The fraction of sp³-hybridized carbons (Fsp3) is 0.200. The van der Waals surface area contributed by atoms with Crippen molar-refractivity contribution in [3.8, 4) is 11.6 Å². The van der Waals surface area contributed by atoms with Crippen molar-refractivity contribution in [2.45, 2.75) is 6.42 Å². The van der Waals surface area contributed by atoms with Gasteiger partial charge in [0.25, 0.3) is 5.88 Å². The largest absolute Gasteiger partial charge is 0.484 e. The molecule has 1 aromatic heterocycles. The molecule has 5 nitrogen and oxygen atoms in total. The Labute approximate surface area is 124 Å². The number of fused-ring (bicyclic) bond motifs is 1. The molecule has 1 aliphatic heterocycles. The molecule has 2 aromatic rings. The maximum atomic E-state index is 13.8. The summed E-state index contributed by atoms with van der Waals surface area (Å²) >= 11 is 0. The molecule has 0 aliphatic carbocycles. The zero-order valence-electron chi connectivity index (χ0n) is 11.3. The lowest BCUT2D eigenvalue weighted by Crippen LogP contribution is -2.19. The number of halogens is 2. The highest BCUT2D eigenvalue weighted by Gasteiger charge is 2.22. The van der Waals surface area contributed by atoms with Crippen LogP contribution in [0.2, 0.25) is 0 Å². The van der Waals surface area contributed by atoms with Crippen molar-refractivity contribution in [1.82, 2.24) is 4.98 Å². The van der Waals surface area contributed by atoms with Crippen LogP contribution in [0.15, 0.2) is 24.3 Å². The molecule has 0 bridgehead atoms. The van der Waals surface area contributed by atoms with E-state index in [4.69, 9.17) is 14.6 Å². The minimum absolute atomic E-state index is 0.0297. The van der Waals surface area contributed by atoms with Crippen molar-refractivity contribution >= 4 is 5.97 Å². The minimum Gasteiger partial charge on any atom is -0.484 e. The molecule has 1 aliphatic rings. The number of benzene rings is 1. The zero-order valence-corrected chi connectivity index (χ0v) is 11.3. The van der Waals surface area contributed by atoms with E-state index in [-0.39, 0.29) is 42.5 Å². The summed E-state index contributed by atoms with van der Waals surface area (Å²) in [5, 5.41) is 9.08. The summed E-state index contributed by atoms with van der Waals surface area (Å²) in [5.41, 5.74) is 0.238. The van der Waals surface area contributed by atoms with E-state index >= 15 is 0 Å². The van der Waals surface area contributed by atoms with Crippen LogP contribution in [-0.2, 0) is 6.42 Å². The molecule has 114 valence electrons. The molecule has 1 N–H and O–H groups in total. The average molecular weight is 307 g/mol. The topological polar surface area (TPSA) is 68.7 Å². The van der Waals surface area contributed by atoms with Gasteiger partial charge < -0.3 is 14.6 Å². The number of nitrogens with zero attached hydrogens (tertiary/aromatic N) is 1. The van der Waals surface area contributed by atoms with Gasteiger partial charge in [-0.15, -0.1) is 0 Å². The van der Waals surface area contributed by atoms with E-state index in [1.807, 2.05) is 0 Å². The number of hydrogen-bond donors (Lipinski definition) is 1. The quantitative estimate of drug-likeness (QED) is 0.943. The van der Waals surface area contributed by atoms with Crippen LogP contribution >= 0.6 is 0 Å². The van der Waals surface area contributed by atoms with E-state index in [0.717, 1.165) is 6.07 Å². The Balaban J connectivity index is 2.07. The smallest absolute Gasteiger partial charge is 0.354 e. The lowest BCUT2D eigenvalue weighted by molar-refractivity contribution is 0.0687. The number of aromatic carboxylic acids is 1. The van der Waals surface area contributed by atoms with Gasteiger partial charge in [-0.25, -0.2) is 18.6 Å². The number of hydrogen-bond acceptors (Lipinski definition) is 4. The molecule has 0 spiro atoms. The first kappa shape index (κ1) is 14.2. The fourth-order valence-electron chi connectivity index (χ4n) is 2.23. The molecule has 7 heteroatoms. The summed E-state index contributed by atoms with van der Waals surface area (Å²) in [4.78, 5) is 15.0. The van der Waals surface area contributed by atoms with Gasteiger partial charge in [-0.05, 0) is 17.7 Å². The number of ether oxygens (including phenoxy) is 2. The second-order valence-corrected chi connectivity index (χ2v) is 4.69. The summed E-state index contributed by atoms with van der Waals surface area (Å²) < 4.78 is 37.8. The van der Waals surface area contributed by atoms with Crippen molar-refractivity contribution in [1.29, 1.82) is 0 Å². The minimum atomic E-state index is -1.24. The molecule has 0 atom stereocenters. The van der Waals surface area contributed by atoms with Gasteiger partial charge in [0.1, 0.15) is 13.2 Å². The van der Waals surface area contributed by atoms with Crippen molar-refractivity contribution < 1.29 is 28.2 Å². The highest BCUT2D eigenvalue weighted by Crippen LogP contribution is 2.34. The van der Waals surface area contributed by atoms with E-state index in [0.29, 0.717) is 5.56 Å². The molecule has 1 aromatic carbocycles. The predicted molar refractivity (Wildman–Crippen MR) is 71.4 cm³/mol. The number of rotatable bonds is 3. The second kappa shape index (κ2) is 5.59. The normalized spacial score (nSPS) is 13.0. The van der Waals surface area contributed by atoms with E-state index in [1.54, 1.807) is 0 Å². The van der Waals surface area contributed by atoms with Crippen LogP contribution in [0.25, 0.3) is 0 Å². The summed E-state index contributed by atoms with van der Waals surface area (Å²) in [7, 11) is 0. The van der Waals surface area contributed by atoms with Gasteiger partial charge in [-0.3, -0.25) is 0 Å². The molecule has 0 saturated heterocycles. The van der Waals surface area contributed by atoms with Crippen molar-refractivity contribution in [3.63, 3.8) is 0 Å². The van der Waals surface area contributed by atoms with Crippen molar-refractivity contribution in [2.24, 2.45) is 0 Å². The van der Waals surface area contributed by atoms with Crippen LogP contribution in [0.3, 0.4) is 0 Å². The van der Waals surface area contributed by atoms with Gasteiger partial charge in [0.15, 0.2) is 23.1 Å². The Morgan fingerprint density at radius 2 is 2.00 bits per heavy atom. The molecular weight excluding hydrogens is 296 g/mol. The summed E-state index contributed by atoms with van der Waals surface area (Å²) in [6.07, 6.45) is -0.0297. The highest BCUT2D eigenvalue weighted by molar-refractivity contribution is 5.86. The second-order valence-electron chi connectivity index (χ2n) is 4.69. The van der Waals surface area contributed by atoms with Crippen LogP contribution in [-0.4, -0.2) is 29.3 Å². The van der Waals surface area contributed by atoms with Gasteiger partial charge in [0.2, 0.25) is 0 Å². The number of carboxylic acid groups (broad SMARTS) is 1. The molecule has 0 amide bonds. The standard InChI is InChI=1S/C15H11F2NO4/c16-10-3-1-2-8(12(10)17)6-9-7-11(15(19)20)18-14-13(9)21-4-5-22-14/h1-3,7H,4-6H2,(H,19,20). The number of pyridine rings is 1. The van der Waals surface area contributed by atoms with Gasteiger partial charge in [-0.2, -0.15) is 0 Å². The molecule has 3 rings (SSSR count). The first-order chi connectivity index (χ1) is 10.6. The first-order valence-electron chi connectivity index (χ1n) is 6.52. The third-order valence-electron chi connectivity index (χ3n) is 3.22. The average Bonchev–Trinajstić information content (AvgIpc) is 2.51. The number of carboxylic acids is 1. The summed E-state index contributed by atoms with van der Waals surface area (Å²) in [6, 6.07) is 5.11. The Bertz CT molecular complexity index is 749. The number of aromatic nitrogens is 1. The monoisotopic (exact) mass is 307 g/mol. The van der Waals surface area contributed by atoms with Gasteiger partial charge in [-0.1, -0.05) is 12.1 Å². The first-order valence-corrected chi connectivity index (χ1v) is 6.52. The SMILES string of the molecule is O=C(O)c1cc(Cc2cccc(F)c2F)c2c(n1)OCCO2. The van der Waals surface area contributed by atoms with Crippen LogP contribution in [0.5, 0.6) is 11.6 Å². The maximum Gasteiger partial charge on any atom is 0.354 e. The van der Waals surface area contributed by atoms with E-state index < -0.39 is 17.6 Å². The van der Waals surface area contributed by atoms with E-state index in [9.17, 15) is 13.6 Å². The Hall–Kier alpha value is -2.70. The zero-order chi connectivity index (χ0) is 15.7. The molecule has 2 heterocycles. The molecular formula is C15H11F2NO4. The third-order valence-corrected chi connectivity index (χ3v) is 3.22. The van der Waals surface area contributed by atoms with E-state index in [1.165, 1.54) is 18.2 Å². The Morgan fingerprint density at radius 3 is 2.77 bits per heavy atom. The van der Waals surface area contributed by atoms with Crippen LogP contribution in [0.1, 0.15) is 21.6 Å². The van der Waals surface area contributed by atoms with Gasteiger partial charge in [0, 0.05) is 12.0 Å². The summed E-state index contributed by atoms with van der Waals surface area (Å²) in [5.74, 6) is -2.85. The van der Waals surface area contributed by atoms with E-state index in [2.05, 4.69) is 4.98 Å². The van der Waals surface area contributed by atoms with Gasteiger partial charge >= 0.3 is 5.97 Å². The van der Waals surface area contributed by atoms with Crippen LogP contribution in [0.4, 0.5) is 8.78 Å². The Morgan fingerprint density at radius 1 is 1.23 bits per heavy atom. The van der Waals surface area contributed by atoms with Crippen LogP contribution in [0, 0.1) is 11.6 Å². The molecule has 0 saturated carbocycles. The van der Waals surface area contributed by atoms with Crippen molar-refractivity contribution in [3.05, 3.63) is 52.7 Å².